The van der Waals surface area contributed by atoms with E-state index in [0.29, 0.717) is 11.4 Å². The van der Waals surface area contributed by atoms with Crippen LogP contribution in [0.1, 0.15) is 0 Å². The van der Waals surface area contributed by atoms with Gasteiger partial charge in [-0.15, -0.1) is 0 Å². The van der Waals surface area contributed by atoms with Gasteiger partial charge in [-0.2, -0.15) is 0 Å². The Morgan fingerprint density at radius 3 is 1.90 bits per heavy atom. The van der Waals surface area contributed by atoms with Crippen LogP contribution in [0.4, 0.5) is 0 Å². The molecule has 9 aromatic carbocycles. The molecule has 0 bridgehead atoms. The number of benzene rings is 9. The van der Waals surface area contributed by atoms with Crippen molar-refractivity contribution in [1.82, 2.24) is 14.5 Å². The van der Waals surface area contributed by atoms with E-state index in [1.807, 2.05) is 54.6 Å². The molecule has 0 aliphatic rings. The SMILES string of the molecule is c1ccc(-c2nc(-c3ccccc3)c3oc4ccc(-c5ccc(-n6c7cc8ccccc8cc7c7c8ccccc8ccc76)c6c5oc5ccccc56)cc4c3n2)cc1. The van der Waals surface area contributed by atoms with Crippen molar-refractivity contribution in [1.29, 1.82) is 0 Å². The molecule has 0 radical (unpaired) electrons. The van der Waals surface area contributed by atoms with E-state index >= 15 is 0 Å². The number of hydrogen-bond donors (Lipinski definition) is 0. The van der Waals surface area contributed by atoms with E-state index in [1.54, 1.807) is 0 Å². The summed E-state index contributed by atoms with van der Waals surface area (Å²) < 4.78 is 16.0. The van der Waals surface area contributed by atoms with Crippen LogP contribution in [0.25, 0.3) is 127 Å². The molecule has 274 valence electrons. The summed E-state index contributed by atoms with van der Waals surface area (Å²) in [5.41, 5.74) is 11.9. The predicted octanol–water partition coefficient (Wildman–Crippen LogP) is 14.7. The lowest BCUT2D eigenvalue weighted by Crippen LogP contribution is -1.96. The summed E-state index contributed by atoms with van der Waals surface area (Å²) in [4.78, 5) is 10.2. The van der Waals surface area contributed by atoms with Crippen LogP contribution in [0.3, 0.4) is 0 Å². The zero-order valence-corrected chi connectivity index (χ0v) is 31.6. The Labute approximate surface area is 337 Å². The molecule has 0 aliphatic carbocycles. The van der Waals surface area contributed by atoms with Crippen molar-refractivity contribution in [3.63, 3.8) is 0 Å². The van der Waals surface area contributed by atoms with Crippen molar-refractivity contribution >= 4 is 87.4 Å². The molecule has 5 heteroatoms. The Morgan fingerprint density at radius 2 is 1.07 bits per heavy atom. The molecule has 4 aromatic heterocycles. The first kappa shape index (κ1) is 32.1. The first-order chi connectivity index (χ1) is 29.2. The highest BCUT2D eigenvalue weighted by molar-refractivity contribution is 6.25. The lowest BCUT2D eigenvalue weighted by molar-refractivity contribution is 0.667. The Morgan fingerprint density at radius 1 is 0.390 bits per heavy atom. The highest BCUT2D eigenvalue weighted by Crippen LogP contribution is 2.45. The summed E-state index contributed by atoms with van der Waals surface area (Å²) in [6.45, 7) is 0. The average Bonchev–Trinajstić information content (AvgIpc) is 3.98. The van der Waals surface area contributed by atoms with Gasteiger partial charge in [-0.3, -0.25) is 0 Å². The predicted molar refractivity (Wildman–Crippen MR) is 242 cm³/mol. The van der Waals surface area contributed by atoms with E-state index in [-0.39, 0.29) is 0 Å². The van der Waals surface area contributed by atoms with Crippen molar-refractivity contribution in [3.05, 3.63) is 188 Å². The Bertz CT molecular complexity index is 3840. The molecular weight excluding hydrogens is 723 g/mol. The molecule has 5 nitrogen and oxygen atoms in total. The van der Waals surface area contributed by atoms with Crippen LogP contribution in [-0.2, 0) is 0 Å². The fourth-order valence-electron chi connectivity index (χ4n) is 9.28. The van der Waals surface area contributed by atoms with Gasteiger partial charge >= 0.3 is 0 Å². The van der Waals surface area contributed by atoms with Crippen LogP contribution in [0.15, 0.2) is 197 Å². The number of para-hydroxylation sites is 1. The van der Waals surface area contributed by atoms with Crippen LogP contribution in [0, 0.1) is 0 Å². The number of furan rings is 2. The van der Waals surface area contributed by atoms with Gasteiger partial charge in [-0.1, -0.05) is 140 Å². The van der Waals surface area contributed by atoms with Gasteiger partial charge in [0, 0.05) is 38.2 Å². The highest BCUT2D eigenvalue weighted by Gasteiger charge is 2.24. The molecule has 0 atom stereocenters. The second kappa shape index (κ2) is 12.2. The maximum absolute atomic E-state index is 6.91. The molecule has 0 fully saturated rings. The van der Waals surface area contributed by atoms with Crippen LogP contribution >= 0.6 is 0 Å². The van der Waals surface area contributed by atoms with Crippen LogP contribution in [-0.4, -0.2) is 14.5 Å². The van der Waals surface area contributed by atoms with Gasteiger partial charge in [0.1, 0.15) is 28.0 Å². The summed E-state index contributed by atoms with van der Waals surface area (Å²) in [7, 11) is 0. The average molecular weight is 754 g/mol. The van der Waals surface area contributed by atoms with Gasteiger partial charge in [0.25, 0.3) is 0 Å². The fraction of sp³-hybridized carbons (Fsp3) is 0. The van der Waals surface area contributed by atoms with Gasteiger partial charge in [-0.25, -0.2) is 9.97 Å². The summed E-state index contributed by atoms with van der Waals surface area (Å²) in [6, 6.07) is 66.1. The van der Waals surface area contributed by atoms with Crippen molar-refractivity contribution in [2.45, 2.75) is 0 Å². The lowest BCUT2D eigenvalue weighted by Gasteiger charge is -2.13. The summed E-state index contributed by atoms with van der Waals surface area (Å²) >= 11 is 0. The largest absolute Gasteiger partial charge is 0.455 e. The number of hydrogen-bond acceptors (Lipinski definition) is 4. The zero-order valence-electron chi connectivity index (χ0n) is 31.6. The molecular formula is C54H31N3O2. The number of aromatic nitrogens is 3. The quantitative estimate of drug-likeness (QED) is 0.180. The zero-order chi connectivity index (χ0) is 38.6. The third kappa shape index (κ3) is 4.73. The second-order valence-corrected chi connectivity index (χ2v) is 15.3. The van der Waals surface area contributed by atoms with Crippen LogP contribution in [0.2, 0.25) is 0 Å². The molecule has 59 heavy (non-hydrogen) atoms. The van der Waals surface area contributed by atoms with Crippen molar-refractivity contribution in [2.24, 2.45) is 0 Å². The smallest absolute Gasteiger partial charge is 0.180 e. The minimum absolute atomic E-state index is 0.654. The molecule has 0 saturated carbocycles. The van der Waals surface area contributed by atoms with Gasteiger partial charge in [0.2, 0.25) is 0 Å². The van der Waals surface area contributed by atoms with E-state index in [1.165, 1.54) is 32.3 Å². The number of fused-ring (bicyclic) bond motifs is 12. The van der Waals surface area contributed by atoms with E-state index in [4.69, 9.17) is 18.8 Å². The van der Waals surface area contributed by atoms with E-state index in [9.17, 15) is 0 Å². The number of nitrogens with zero attached hydrogens (tertiary/aromatic N) is 3. The normalized spacial score (nSPS) is 12.1. The molecule has 0 N–H and O–H groups in total. The van der Waals surface area contributed by atoms with E-state index in [0.717, 1.165) is 83.1 Å². The third-order valence-electron chi connectivity index (χ3n) is 12.0. The number of rotatable bonds is 4. The van der Waals surface area contributed by atoms with E-state index in [2.05, 4.69) is 138 Å². The lowest BCUT2D eigenvalue weighted by atomic mass is 9.99. The second-order valence-electron chi connectivity index (χ2n) is 15.3. The molecule has 0 saturated heterocycles. The van der Waals surface area contributed by atoms with E-state index < -0.39 is 0 Å². The maximum Gasteiger partial charge on any atom is 0.180 e. The molecule has 0 aliphatic heterocycles. The van der Waals surface area contributed by atoms with Crippen molar-refractivity contribution < 1.29 is 8.83 Å². The monoisotopic (exact) mass is 753 g/mol. The minimum atomic E-state index is 0.654. The Hall–Kier alpha value is -8.02. The van der Waals surface area contributed by atoms with Gasteiger partial charge in [-0.05, 0) is 75.6 Å². The first-order valence-corrected chi connectivity index (χ1v) is 19.9. The topological polar surface area (TPSA) is 57.0 Å². The van der Waals surface area contributed by atoms with Crippen LogP contribution < -0.4 is 0 Å². The van der Waals surface area contributed by atoms with Gasteiger partial charge in [0.15, 0.2) is 11.4 Å². The molecule has 0 amide bonds. The molecule has 0 unspecified atom stereocenters. The molecule has 0 spiro atoms. The van der Waals surface area contributed by atoms with Crippen LogP contribution in [0.5, 0.6) is 0 Å². The molecule has 13 rings (SSSR count). The van der Waals surface area contributed by atoms with Gasteiger partial charge in [0.05, 0.1) is 22.1 Å². The van der Waals surface area contributed by atoms with Gasteiger partial charge < -0.3 is 13.4 Å². The summed E-state index contributed by atoms with van der Waals surface area (Å²) in [6.07, 6.45) is 0. The standard InChI is InChI=1S/C54H31N3O2/c1-3-14-33(15-4-1)50-53-51(56-54(55-50)34-16-5-2-6-17-34)42-30-37(24-28-47(42)59-53)39-25-27-44(49-40-21-11-12-22-46(40)58-52(39)49)57-43-26-23-32-13-9-10-20-38(32)48(43)41-29-35-18-7-8-19-36(35)31-45(41)57/h1-31H. The fourth-order valence-corrected chi connectivity index (χ4v) is 9.28. The van der Waals surface area contributed by atoms with Crippen molar-refractivity contribution in [2.75, 3.05) is 0 Å². The first-order valence-electron chi connectivity index (χ1n) is 19.9. The third-order valence-corrected chi connectivity index (χ3v) is 12.0. The Balaban J connectivity index is 1.09. The van der Waals surface area contributed by atoms with Crippen molar-refractivity contribution in [3.8, 4) is 39.5 Å². The molecule has 13 aromatic rings. The highest BCUT2D eigenvalue weighted by atomic mass is 16.3. The maximum atomic E-state index is 6.91. The minimum Gasteiger partial charge on any atom is -0.455 e. The molecule has 4 heterocycles. The summed E-state index contributed by atoms with van der Waals surface area (Å²) in [5.74, 6) is 0.654. The Kier molecular flexibility index (Phi) is 6.66. The summed E-state index contributed by atoms with van der Waals surface area (Å²) in [5, 5.41) is 10.4.